The van der Waals surface area contributed by atoms with Gasteiger partial charge in [-0.05, 0) is 82.3 Å². The molecule has 2 saturated heterocycles. The largest absolute Gasteiger partial charge is 0.444 e. The molecule has 5 fully saturated rings. The number of halogens is 1. The third kappa shape index (κ3) is 7.58. The Hall–Kier alpha value is -3.95. The Balaban J connectivity index is 1.14. The number of nitrogens with zero attached hydrogens (tertiary/aromatic N) is 2. The molecule has 5 amide bonds. The maximum atomic E-state index is 14.4. The van der Waals surface area contributed by atoms with Crippen molar-refractivity contribution in [3.05, 3.63) is 35.1 Å². The van der Waals surface area contributed by atoms with E-state index in [1.165, 1.54) is 15.9 Å². The molecular formula is C36H48FN5O9S. The molecule has 0 bridgehead atoms. The van der Waals surface area contributed by atoms with Gasteiger partial charge in [-0.1, -0.05) is 37.8 Å². The van der Waals surface area contributed by atoms with Crippen LogP contribution < -0.4 is 15.4 Å². The Morgan fingerprint density at radius 3 is 2.48 bits per heavy atom. The molecule has 7 rings (SSSR count). The predicted octanol–water partition coefficient (Wildman–Crippen LogP) is 3.22. The molecule has 284 valence electrons. The molecule has 3 saturated carbocycles. The number of ether oxygens (including phenoxy) is 2. The molecule has 1 aromatic rings. The van der Waals surface area contributed by atoms with Gasteiger partial charge in [-0.2, -0.15) is 0 Å². The smallest absolute Gasteiger partial charge is 0.410 e. The van der Waals surface area contributed by atoms with Crippen molar-refractivity contribution in [3.8, 4) is 0 Å². The fraction of sp³-hybridized carbons (Fsp3) is 0.694. The van der Waals surface area contributed by atoms with Crippen LogP contribution in [0.3, 0.4) is 0 Å². The van der Waals surface area contributed by atoms with Crippen LogP contribution in [0.25, 0.3) is 0 Å². The van der Waals surface area contributed by atoms with Gasteiger partial charge < -0.3 is 25.0 Å². The van der Waals surface area contributed by atoms with E-state index >= 15 is 0 Å². The van der Waals surface area contributed by atoms with Crippen molar-refractivity contribution in [1.29, 1.82) is 0 Å². The second-order valence-electron chi connectivity index (χ2n) is 16.4. The van der Waals surface area contributed by atoms with Gasteiger partial charge in [0.15, 0.2) is 0 Å². The molecule has 0 radical (unpaired) electrons. The number of carbonyl (C=O) groups excluding carboxylic acids is 5. The number of rotatable bonds is 5. The number of fused-ring (bicyclic) bond motifs is 5. The number of hydrogen-bond donors (Lipinski definition) is 3. The van der Waals surface area contributed by atoms with E-state index in [1.54, 1.807) is 32.9 Å². The number of nitrogens with one attached hydrogen (secondary N) is 3. The molecular weight excluding hydrogens is 697 g/mol. The van der Waals surface area contributed by atoms with Crippen LogP contribution in [0.2, 0.25) is 0 Å². The second kappa shape index (κ2) is 13.5. The summed E-state index contributed by atoms with van der Waals surface area (Å²) in [6.45, 7) is 5.08. The fourth-order valence-corrected chi connectivity index (χ4v) is 9.65. The quantitative estimate of drug-likeness (QED) is 0.408. The van der Waals surface area contributed by atoms with Crippen molar-refractivity contribution in [2.24, 2.45) is 17.8 Å². The average molecular weight is 746 g/mol. The summed E-state index contributed by atoms with van der Waals surface area (Å²) in [7, 11) is -3.90. The summed E-state index contributed by atoms with van der Waals surface area (Å²) in [5.74, 6) is -2.19. The minimum absolute atomic E-state index is 0.00689. The summed E-state index contributed by atoms with van der Waals surface area (Å²) in [4.78, 5) is 71.3. The van der Waals surface area contributed by atoms with Gasteiger partial charge in [0, 0.05) is 18.5 Å². The summed E-state index contributed by atoms with van der Waals surface area (Å²) < 4.78 is 53.7. The molecule has 6 aliphatic rings. The Morgan fingerprint density at radius 2 is 1.77 bits per heavy atom. The van der Waals surface area contributed by atoms with Crippen molar-refractivity contribution < 1.29 is 46.3 Å². The summed E-state index contributed by atoms with van der Waals surface area (Å²) in [6.07, 6.45) is 2.99. The predicted molar refractivity (Wildman–Crippen MR) is 183 cm³/mol. The lowest BCUT2D eigenvalue weighted by molar-refractivity contribution is -0.141. The van der Waals surface area contributed by atoms with Crippen LogP contribution in [0.4, 0.5) is 14.0 Å². The first kappa shape index (κ1) is 36.4. The molecule has 3 aliphatic heterocycles. The Morgan fingerprint density at radius 1 is 1.02 bits per heavy atom. The van der Waals surface area contributed by atoms with Crippen molar-refractivity contribution in [2.75, 3.05) is 6.54 Å². The normalized spacial score (nSPS) is 31.8. The fourth-order valence-electron chi connectivity index (χ4n) is 8.29. The molecule has 3 N–H and O–H groups in total. The van der Waals surface area contributed by atoms with Gasteiger partial charge in [-0.3, -0.25) is 24.0 Å². The summed E-state index contributed by atoms with van der Waals surface area (Å²) in [5.41, 5.74) is -1.23. The number of carbonyl (C=O) groups is 5. The topological polar surface area (TPSA) is 181 Å². The summed E-state index contributed by atoms with van der Waals surface area (Å²) in [6, 6.07) is 2.37. The van der Waals surface area contributed by atoms with Gasteiger partial charge >= 0.3 is 12.2 Å². The van der Waals surface area contributed by atoms with E-state index in [2.05, 4.69) is 15.4 Å². The number of sulfonamides is 1. The van der Waals surface area contributed by atoms with Gasteiger partial charge in [0.2, 0.25) is 21.8 Å². The van der Waals surface area contributed by atoms with Crippen molar-refractivity contribution in [1.82, 2.24) is 25.2 Å². The first-order chi connectivity index (χ1) is 24.5. The van der Waals surface area contributed by atoms with E-state index in [0.29, 0.717) is 36.3 Å². The molecule has 3 heterocycles. The Labute approximate surface area is 302 Å². The number of benzene rings is 1. The minimum atomic E-state index is -3.90. The molecule has 3 aliphatic carbocycles. The lowest BCUT2D eigenvalue weighted by Crippen LogP contribution is -2.58. The third-order valence-corrected chi connectivity index (χ3v) is 13.1. The number of amides is 5. The van der Waals surface area contributed by atoms with Crippen LogP contribution in [0.1, 0.15) is 96.1 Å². The molecule has 1 aromatic carbocycles. The average Bonchev–Trinajstić information content (AvgIpc) is 4.00. The van der Waals surface area contributed by atoms with E-state index in [1.807, 2.05) is 0 Å². The highest BCUT2D eigenvalue weighted by Gasteiger charge is 2.69. The number of alkyl carbamates (subject to hydrolysis) is 1. The maximum Gasteiger partial charge on any atom is 0.410 e. The molecule has 0 aromatic heterocycles. The molecule has 14 nitrogen and oxygen atoms in total. The van der Waals surface area contributed by atoms with Gasteiger partial charge in [-0.15, -0.1) is 0 Å². The SMILES string of the molecule is CC(C)(C)OC(=O)N[C@H]1CCCCC[C@@H]2C[C@@H]2[C@@H]2C[C@@]2(C(=O)NS(=O)(=O)C2CC2)NC(=O)[C@@H]2C[C@@H](OC(=O)N3Cc4cccc(F)c4C3)CN2C1=O. The first-order valence-corrected chi connectivity index (χ1v) is 20.0. The molecule has 0 spiro atoms. The second-order valence-corrected chi connectivity index (χ2v) is 18.4. The standard InChI is InChI=1S/C36H48FN5O9S/c1-35(2,3)51-33(46)38-28-11-6-4-5-8-20-14-24(20)26-16-36(26,32(45)40-52(48,49)23-12-13-23)39-30(43)29-15-22(18-42(29)31(28)44)50-34(47)41-17-21-9-7-10-27(37)25(21)19-41/h7,9-10,20,22-24,26,28-29H,4-6,8,11-19H2,1-3H3,(H,38,46)(H,39,43)(H,40,45)/t20-,22-,24+,26+,28+,29+,36-/m1/s1. The first-order valence-electron chi connectivity index (χ1n) is 18.4. The van der Waals surface area contributed by atoms with Crippen molar-refractivity contribution >= 4 is 39.9 Å². The van der Waals surface area contributed by atoms with Crippen LogP contribution in [-0.4, -0.2) is 89.2 Å². The molecule has 0 unspecified atom stereocenters. The van der Waals surface area contributed by atoms with Gasteiger partial charge in [0.05, 0.1) is 18.3 Å². The summed E-state index contributed by atoms with van der Waals surface area (Å²) in [5, 5.41) is 4.95. The molecule has 16 heteroatoms. The van der Waals surface area contributed by atoms with Gasteiger partial charge in [-0.25, -0.2) is 22.4 Å². The molecule has 52 heavy (non-hydrogen) atoms. The Bertz CT molecular complexity index is 1760. The molecule has 7 atom stereocenters. The zero-order valence-corrected chi connectivity index (χ0v) is 30.6. The van der Waals surface area contributed by atoms with E-state index < -0.39 is 80.3 Å². The van der Waals surface area contributed by atoms with Crippen LogP contribution in [-0.2, 0) is 47.0 Å². The highest BCUT2D eigenvalue weighted by atomic mass is 32.2. The highest BCUT2D eigenvalue weighted by Crippen LogP contribution is 2.61. The number of hydrogen-bond acceptors (Lipinski definition) is 9. The van der Waals surface area contributed by atoms with E-state index in [9.17, 15) is 36.8 Å². The van der Waals surface area contributed by atoms with Gasteiger partial charge in [0.25, 0.3) is 5.91 Å². The third-order valence-electron chi connectivity index (χ3n) is 11.3. The lowest BCUT2D eigenvalue weighted by Gasteiger charge is -2.30. The van der Waals surface area contributed by atoms with Crippen LogP contribution in [0.5, 0.6) is 0 Å². The Kier molecular flexibility index (Phi) is 9.43. The lowest BCUT2D eigenvalue weighted by atomic mass is 10.0. The minimum Gasteiger partial charge on any atom is -0.444 e. The maximum absolute atomic E-state index is 14.4. The summed E-state index contributed by atoms with van der Waals surface area (Å²) >= 11 is 0. The van der Waals surface area contributed by atoms with E-state index in [-0.39, 0.29) is 50.7 Å². The van der Waals surface area contributed by atoms with Crippen LogP contribution in [0.15, 0.2) is 18.2 Å². The monoisotopic (exact) mass is 745 g/mol. The zero-order valence-electron chi connectivity index (χ0n) is 29.8. The van der Waals surface area contributed by atoms with Crippen molar-refractivity contribution in [3.63, 3.8) is 0 Å². The van der Waals surface area contributed by atoms with Crippen molar-refractivity contribution in [2.45, 2.75) is 133 Å². The van der Waals surface area contributed by atoms with Gasteiger partial charge in [0.1, 0.15) is 35.1 Å². The van der Waals surface area contributed by atoms with Crippen LogP contribution in [0, 0.1) is 23.6 Å². The highest BCUT2D eigenvalue weighted by molar-refractivity contribution is 7.91. The van der Waals surface area contributed by atoms with E-state index in [0.717, 1.165) is 25.7 Å². The van der Waals surface area contributed by atoms with E-state index in [4.69, 9.17) is 9.47 Å². The van der Waals surface area contributed by atoms with Crippen LogP contribution >= 0.6 is 0 Å². The zero-order chi connectivity index (χ0) is 37.2.